The Morgan fingerprint density at radius 2 is 1.92 bits per heavy atom. The van der Waals surface area contributed by atoms with Crippen molar-refractivity contribution in [3.8, 4) is 5.75 Å². The number of hydrogen-bond acceptors (Lipinski definition) is 3. The van der Waals surface area contributed by atoms with Gasteiger partial charge in [0.1, 0.15) is 5.75 Å². The largest absolute Gasteiger partial charge is 0.496 e. The molecule has 0 atom stereocenters. The lowest BCUT2D eigenvalue weighted by molar-refractivity contribution is -0.143. The first-order valence-corrected chi connectivity index (χ1v) is 8.63. The van der Waals surface area contributed by atoms with E-state index in [1.54, 1.807) is 7.11 Å². The second kappa shape index (κ2) is 10.9. The molecule has 5 nitrogen and oxygen atoms in total. The molecule has 0 unspecified atom stereocenters. The van der Waals surface area contributed by atoms with Crippen LogP contribution < -0.4 is 10.1 Å². The van der Waals surface area contributed by atoms with Crippen LogP contribution in [0.3, 0.4) is 0 Å². The highest BCUT2D eigenvalue weighted by molar-refractivity contribution is 5.79. The Bertz CT molecular complexity index is 564. The van der Waals surface area contributed by atoms with Crippen molar-refractivity contribution in [3.63, 3.8) is 0 Å². The zero-order valence-electron chi connectivity index (χ0n) is 15.9. The Morgan fingerprint density at radius 1 is 1.23 bits per heavy atom. The van der Waals surface area contributed by atoms with Gasteiger partial charge in [0.2, 0.25) is 0 Å². The number of para-hydroxylation sites is 1. The monoisotopic (exact) mass is 374 g/mol. The quantitative estimate of drug-likeness (QED) is 0.410. The molecule has 1 N–H and O–H groups in total. The van der Waals surface area contributed by atoms with E-state index >= 15 is 0 Å². The Balaban J connectivity index is 2.59. The molecule has 1 aromatic rings. The fraction of sp³-hybridized carbons (Fsp3) is 0.611. The summed E-state index contributed by atoms with van der Waals surface area (Å²) >= 11 is 0. The second-order valence-corrected chi connectivity index (χ2v) is 6.11. The molecule has 148 valence electrons. The molecule has 1 rings (SSSR count). The molecule has 8 heteroatoms. The maximum absolute atomic E-state index is 12.3. The number of nitrogens with one attached hydrogen (secondary N) is 1. The first-order chi connectivity index (χ1) is 12.3. The van der Waals surface area contributed by atoms with Gasteiger partial charge in [0.15, 0.2) is 5.96 Å². The lowest BCUT2D eigenvalue weighted by Gasteiger charge is -2.23. The molecular formula is C18H29F3N4O. The molecule has 0 saturated heterocycles. The molecule has 0 amide bonds. The predicted octanol–water partition coefficient (Wildman–Crippen LogP) is 2.98. The summed E-state index contributed by atoms with van der Waals surface area (Å²) in [5.74, 6) is 1.53. The molecule has 0 spiro atoms. The van der Waals surface area contributed by atoms with Crippen LogP contribution in [0.15, 0.2) is 29.3 Å². The number of nitrogens with zero attached hydrogens (tertiary/aromatic N) is 3. The molecule has 0 fully saturated rings. The Kier molecular flexibility index (Phi) is 9.26. The summed E-state index contributed by atoms with van der Waals surface area (Å²) in [4.78, 5) is 7.75. The van der Waals surface area contributed by atoms with Gasteiger partial charge in [0.25, 0.3) is 0 Å². The molecule has 0 aromatic heterocycles. The van der Waals surface area contributed by atoms with Gasteiger partial charge < -0.3 is 15.0 Å². The maximum atomic E-state index is 12.3. The molecule has 0 heterocycles. The number of aliphatic imine (C=N–C) groups is 1. The van der Waals surface area contributed by atoms with E-state index in [0.29, 0.717) is 32.6 Å². The first-order valence-electron chi connectivity index (χ1n) is 8.63. The molecule has 0 bridgehead atoms. The highest BCUT2D eigenvalue weighted by atomic mass is 19.4. The van der Waals surface area contributed by atoms with Gasteiger partial charge in [-0.3, -0.25) is 9.89 Å². The van der Waals surface area contributed by atoms with E-state index in [1.807, 2.05) is 43.1 Å². The number of alkyl halides is 3. The summed E-state index contributed by atoms with van der Waals surface area (Å²) in [6.45, 7) is 3.21. The number of halogens is 3. The van der Waals surface area contributed by atoms with Crippen molar-refractivity contribution >= 4 is 5.96 Å². The number of benzene rings is 1. The third kappa shape index (κ3) is 8.42. The van der Waals surface area contributed by atoms with Crippen LogP contribution in [0.2, 0.25) is 0 Å². The van der Waals surface area contributed by atoms with Crippen molar-refractivity contribution in [2.45, 2.75) is 26.1 Å². The molecule has 0 aliphatic heterocycles. The lowest BCUT2D eigenvalue weighted by atomic mass is 10.2. The standard InChI is InChI=1S/C18H29F3N4O/c1-5-22-17(23-11-8-12-24(2)14-18(19,20)21)25(3)13-15-9-6-7-10-16(15)26-4/h6-7,9-10H,5,8,11-14H2,1-4H3,(H,22,23). The first kappa shape index (κ1) is 22.1. The van der Waals surface area contributed by atoms with Gasteiger partial charge in [-0.1, -0.05) is 18.2 Å². The van der Waals surface area contributed by atoms with Gasteiger partial charge in [-0.25, -0.2) is 0 Å². The van der Waals surface area contributed by atoms with E-state index in [4.69, 9.17) is 4.74 Å². The molecular weight excluding hydrogens is 345 g/mol. The van der Waals surface area contributed by atoms with Gasteiger partial charge in [-0.15, -0.1) is 0 Å². The minimum atomic E-state index is -4.16. The lowest BCUT2D eigenvalue weighted by Crippen LogP contribution is -2.38. The third-order valence-corrected chi connectivity index (χ3v) is 3.71. The van der Waals surface area contributed by atoms with E-state index in [-0.39, 0.29) is 0 Å². The number of guanidine groups is 1. The summed E-state index contributed by atoms with van der Waals surface area (Å²) in [5, 5.41) is 3.21. The molecule has 0 radical (unpaired) electrons. The van der Waals surface area contributed by atoms with Gasteiger partial charge >= 0.3 is 6.18 Å². The average Bonchev–Trinajstić information content (AvgIpc) is 2.56. The van der Waals surface area contributed by atoms with Gasteiger partial charge in [0.05, 0.1) is 13.7 Å². The van der Waals surface area contributed by atoms with Crippen LogP contribution in [0.1, 0.15) is 18.9 Å². The van der Waals surface area contributed by atoms with Crippen LogP contribution in [-0.4, -0.2) is 69.3 Å². The van der Waals surface area contributed by atoms with Crippen molar-refractivity contribution in [1.29, 1.82) is 0 Å². The minimum absolute atomic E-state index is 0.346. The molecule has 0 aliphatic carbocycles. The molecule has 0 aliphatic rings. The smallest absolute Gasteiger partial charge is 0.401 e. The molecule has 26 heavy (non-hydrogen) atoms. The van der Waals surface area contributed by atoms with Gasteiger partial charge in [-0.2, -0.15) is 13.2 Å². The Hall–Kier alpha value is -1.96. The third-order valence-electron chi connectivity index (χ3n) is 3.71. The fourth-order valence-electron chi connectivity index (χ4n) is 2.54. The number of methoxy groups -OCH3 is 1. The van der Waals surface area contributed by atoms with Crippen molar-refractivity contribution in [2.75, 3.05) is 47.4 Å². The highest BCUT2D eigenvalue weighted by Crippen LogP contribution is 2.19. The van der Waals surface area contributed by atoms with E-state index in [1.165, 1.54) is 11.9 Å². The summed E-state index contributed by atoms with van der Waals surface area (Å²) in [5.41, 5.74) is 1.04. The Labute approximate surface area is 153 Å². The molecule has 0 saturated carbocycles. The highest BCUT2D eigenvalue weighted by Gasteiger charge is 2.28. The maximum Gasteiger partial charge on any atom is 0.401 e. The van der Waals surface area contributed by atoms with Crippen molar-refractivity contribution in [1.82, 2.24) is 15.1 Å². The summed E-state index contributed by atoms with van der Waals surface area (Å²) < 4.78 is 42.3. The topological polar surface area (TPSA) is 40.1 Å². The fourth-order valence-corrected chi connectivity index (χ4v) is 2.54. The van der Waals surface area contributed by atoms with E-state index in [9.17, 15) is 13.2 Å². The number of hydrogen-bond donors (Lipinski definition) is 1. The van der Waals surface area contributed by atoms with Crippen LogP contribution in [0, 0.1) is 0 Å². The SMILES string of the molecule is CCNC(=NCCCN(C)CC(F)(F)F)N(C)Cc1ccccc1OC. The van der Waals surface area contributed by atoms with Crippen LogP contribution in [0.4, 0.5) is 13.2 Å². The van der Waals surface area contributed by atoms with Crippen LogP contribution in [0.5, 0.6) is 5.75 Å². The number of rotatable bonds is 9. The molecule has 1 aromatic carbocycles. The minimum Gasteiger partial charge on any atom is -0.496 e. The normalized spacial score (nSPS) is 12.4. The van der Waals surface area contributed by atoms with Crippen LogP contribution in [-0.2, 0) is 6.54 Å². The van der Waals surface area contributed by atoms with E-state index < -0.39 is 12.7 Å². The van der Waals surface area contributed by atoms with Gasteiger partial charge in [0, 0.05) is 32.2 Å². The van der Waals surface area contributed by atoms with Gasteiger partial charge in [-0.05, 0) is 33.0 Å². The Morgan fingerprint density at radius 3 is 2.54 bits per heavy atom. The zero-order chi connectivity index (χ0) is 19.6. The van der Waals surface area contributed by atoms with Crippen molar-refractivity contribution < 1.29 is 17.9 Å². The second-order valence-electron chi connectivity index (χ2n) is 6.11. The van der Waals surface area contributed by atoms with Crippen LogP contribution >= 0.6 is 0 Å². The average molecular weight is 374 g/mol. The summed E-state index contributed by atoms with van der Waals surface area (Å²) in [6.07, 6.45) is -3.61. The number of ether oxygens (including phenoxy) is 1. The van der Waals surface area contributed by atoms with Crippen molar-refractivity contribution in [3.05, 3.63) is 29.8 Å². The van der Waals surface area contributed by atoms with E-state index in [0.717, 1.165) is 17.3 Å². The predicted molar refractivity (Wildman–Crippen MR) is 98.6 cm³/mol. The summed E-state index contributed by atoms with van der Waals surface area (Å²) in [7, 11) is 5.02. The van der Waals surface area contributed by atoms with E-state index in [2.05, 4.69) is 10.3 Å². The summed E-state index contributed by atoms with van der Waals surface area (Å²) in [6, 6.07) is 7.76. The van der Waals surface area contributed by atoms with Crippen LogP contribution in [0.25, 0.3) is 0 Å². The zero-order valence-corrected chi connectivity index (χ0v) is 15.9. The van der Waals surface area contributed by atoms with Crippen molar-refractivity contribution in [2.24, 2.45) is 4.99 Å².